The molecule has 0 aliphatic heterocycles. The number of hydrogen-bond acceptors (Lipinski definition) is 3. The van der Waals surface area contributed by atoms with Gasteiger partial charge in [-0.15, -0.1) is 0 Å². The Labute approximate surface area is 182 Å². The highest BCUT2D eigenvalue weighted by Crippen LogP contribution is 2.32. The third kappa shape index (κ3) is 5.78. The van der Waals surface area contributed by atoms with Crippen LogP contribution in [0.5, 0.6) is 11.5 Å². The molecule has 0 saturated heterocycles. The summed E-state index contributed by atoms with van der Waals surface area (Å²) in [6.45, 7) is 16.6. The Bertz CT molecular complexity index is 863. The van der Waals surface area contributed by atoms with Crippen LogP contribution in [0.4, 0.5) is 0 Å². The Morgan fingerprint density at radius 2 is 1.57 bits per heavy atom. The second-order valence-electron chi connectivity index (χ2n) is 9.37. The molecule has 1 amide bonds. The van der Waals surface area contributed by atoms with E-state index in [4.69, 9.17) is 9.47 Å². The molecule has 0 spiro atoms. The zero-order chi connectivity index (χ0) is 22.6. The number of rotatable bonds is 7. The molecule has 0 aliphatic rings. The number of aryl methyl sites for hydroxylation is 1. The van der Waals surface area contributed by atoms with Gasteiger partial charge in [-0.05, 0) is 78.6 Å². The van der Waals surface area contributed by atoms with E-state index in [1.165, 1.54) is 5.56 Å². The van der Waals surface area contributed by atoms with Crippen molar-refractivity contribution in [3.05, 3.63) is 58.7 Å². The highest BCUT2D eigenvalue weighted by Gasteiger charge is 2.21. The maximum absolute atomic E-state index is 12.7. The van der Waals surface area contributed by atoms with E-state index >= 15 is 0 Å². The minimum Gasteiger partial charge on any atom is -0.496 e. The van der Waals surface area contributed by atoms with E-state index in [1.807, 2.05) is 32.0 Å². The summed E-state index contributed by atoms with van der Waals surface area (Å²) in [6, 6.07) is 12.0. The lowest BCUT2D eigenvalue weighted by atomic mass is 9.87. The van der Waals surface area contributed by atoms with Crippen molar-refractivity contribution >= 4 is 5.91 Å². The first-order chi connectivity index (χ1) is 13.9. The van der Waals surface area contributed by atoms with E-state index in [0.717, 1.165) is 22.4 Å². The van der Waals surface area contributed by atoms with Crippen molar-refractivity contribution < 1.29 is 14.3 Å². The molecule has 2 rings (SSSR count). The van der Waals surface area contributed by atoms with Crippen molar-refractivity contribution in [3.63, 3.8) is 0 Å². The summed E-state index contributed by atoms with van der Waals surface area (Å²) in [6.07, 6.45) is -0.587. The summed E-state index contributed by atoms with van der Waals surface area (Å²) in [5.74, 6) is 1.78. The summed E-state index contributed by atoms with van der Waals surface area (Å²) in [5, 5.41) is 3.09. The highest BCUT2D eigenvalue weighted by molar-refractivity contribution is 5.81. The molecule has 0 aromatic heterocycles. The predicted octanol–water partition coefficient (Wildman–Crippen LogP) is 6.07. The van der Waals surface area contributed by atoms with Crippen LogP contribution < -0.4 is 14.8 Å². The molecule has 2 atom stereocenters. The van der Waals surface area contributed by atoms with Crippen molar-refractivity contribution in [2.75, 3.05) is 7.11 Å². The Morgan fingerprint density at radius 3 is 2.07 bits per heavy atom. The van der Waals surface area contributed by atoms with E-state index in [2.05, 4.69) is 58.1 Å². The van der Waals surface area contributed by atoms with Crippen LogP contribution in [0, 0.1) is 6.92 Å². The molecule has 2 aromatic carbocycles. The van der Waals surface area contributed by atoms with Gasteiger partial charge in [0.1, 0.15) is 11.5 Å². The molecule has 0 heterocycles. The van der Waals surface area contributed by atoms with E-state index in [0.29, 0.717) is 11.7 Å². The highest BCUT2D eigenvalue weighted by atomic mass is 16.5. The summed E-state index contributed by atoms with van der Waals surface area (Å²) >= 11 is 0. The molecule has 0 bridgehead atoms. The fraction of sp³-hybridized carbons (Fsp3) is 0.500. The van der Waals surface area contributed by atoms with Crippen LogP contribution in [0.25, 0.3) is 0 Å². The molecule has 4 heteroatoms. The smallest absolute Gasteiger partial charge is 0.261 e. The molecule has 0 aliphatic carbocycles. The van der Waals surface area contributed by atoms with Crippen LogP contribution in [-0.4, -0.2) is 19.1 Å². The second kappa shape index (κ2) is 9.55. The van der Waals surface area contributed by atoms with Crippen LogP contribution in [0.1, 0.15) is 82.7 Å². The van der Waals surface area contributed by atoms with Gasteiger partial charge in [0.2, 0.25) is 0 Å². The van der Waals surface area contributed by atoms with Crippen molar-refractivity contribution in [2.45, 2.75) is 78.9 Å². The average Bonchev–Trinajstić information content (AvgIpc) is 2.66. The molecule has 0 radical (unpaired) electrons. The Kier molecular flexibility index (Phi) is 7.57. The van der Waals surface area contributed by atoms with Crippen LogP contribution in [0.2, 0.25) is 0 Å². The summed E-state index contributed by atoms with van der Waals surface area (Å²) in [5.41, 5.74) is 4.64. The third-order valence-corrected chi connectivity index (χ3v) is 5.47. The summed E-state index contributed by atoms with van der Waals surface area (Å²) in [4.78, 5) is 12.7. The van der Waals surface area contributed by atoms with E-state index < -0.39 is 6.10 Å². The van der Waals surface area contributed by atoms with Gasteiger partial charge in [-0.2, -0.15) is 0 Å². The SMILES string of the molecule is COc1cc(C)c([C@H](C)NC(=O)[C@@H](C)Oc2ccc(C(C)(C)C)cc2)cc1C(C)C. The number of nitrogens with one attached hydrogen (secondary N) is 1. The van der Waals surface area contributed by atoms with Gasteiger partial charge in [-0.3, -0.25) is 4.79 Å². The van der Waals surface area contributed by atoms with E-state index in [1.54, 1.807) is 14.0 Å². The zero-order valence-corrected chi connectivity index (χ0v) is 19.9. The fourth-order valence-corrected chi connectivity index (χ4v) is 3.51. The van der Waals surface area contributed by atoms with Gasteiger partial charge >= 0.3 is 0 Å². The normalized spacial score (nSPS) is 13.7. The van der Waals surface area contributed by atoms with Gasteiger partial charge in [-0.25, -0.2) is 0 Å². The third-order valence-electron chi connectivity index (χ3n) is 5.47. The molecule has 2 aromatic rings. The first kappa shape index (κ1) is 23.8. The van der Waals surface area contributed by atoms with E-state index in [9.17, 15) is 4.79 Å². The molecule has 0 fully saturated rings. The minimum absolute atomic E-state index is 0.0853. The van der Waals surface area contributed by atoms with Crippen LogP contribution in [-0.2, 0) is 10.2 Å². The lowest BCUT2D eigenvalue weighted by Gasteiger charge is -2.23. The summed E-state index contributed by atoms with van der Waals surface area (Å²) < 4.78 is 11.4. The van der Waals surface area contributed by atoms with Crippen molar-refractivity contribution in [1.29, 1.82) is 0 Å². The summed E-state index contributed by atoms with van der Waals surface area (Å²) in [7, 11) is 1.69. The zero-order valence-electron chi connectivity index (χ0n) is 19.9. The van der Waals surface area contributed by atoms with Gasteiger partial charge in [0.15, 0.2) is 6.10 Å². The Balaban J connectivity index is 2.09. The maximum Gasteiger partial charge on any atom is 0.261 e. The molecular weight excluding hydrogens is 374 g/mol. The maximum atomic E-state index is 12.7. The molecule has 0 unspecified atom stereocenters. The molecule has 30 heavy (non-hydrogen) atoms. The van der Waals surface area contributed by atoms with Crippen molar-refractivity contribution in [2.24, 2.45) is 0 Å². The molecule has 1 N–H and O–H groups in total. The van der Waals surface area contributed by atoms with Gasteiger partial charge in [0.05, 0.1) is 13.2 Å². The number of methoxy groups -OCH3 is 1. The molecule has 4 nitrogen and oxygen atoms in total. The molecule has 0 saturated carbocycles. The number of amides is 1. The first-order valence-corrected chi connectivity index (χ1v) is 10.7. The Hall–Kier alpha value is -2.49. The van der Waals surface area contributed by atoms with Crippen molar-refractivity contribution in [3.8, 4) is 11.5 Å². The van der Waals surface area contributed by atoms with Gasteiger partial charge < -0.3 is 14.8 Å². The molecule has 164 valence electrons. The topological polar surface area (TPSA) is 47.6 Å². The van der Waals surface area contributed by atoms with Gasteiger partial charge in [-0.1, -0.05) is 46.8 Å². The lowest BCUT2D eigenvalue weighted by molar-refractivity contribution is -0.127. The molecular formula is C26H37NO3. The van der Waals surface area contributed by atoms with Gasteiger partial charge in [0.25, 0.3) is 5.91 Å². The monoisotopic (exact) mass is 411 g/mol. The quantitative estimate of drug-likeness (QED) is 0.601. The Morgan fingerprint density at radius 1 is 0.967 bits per heavy atom. The van der Waals surface area contributed by atoms with E-state index in [-0.39, 0.29) is 17.4 Å². The van der Waals surface area contributed by atoms with Crippen LogP contribution in [0.3, 0.4) is 0 Å². The predicted molar refractivity (Wildman–Crippen MR) is 124 cm³/mol. The number of hydrogen-bond donors (Lipinski definition) is 1. The van der Waals surface area contributed by atoms with Gasteiger partial charge in [0, 0.05) is 0 Å². The number of benzene rings is 2. The standard InChI is InChI=1S/C26H37NO3/c1-16(2)22-15-23(17(3)14-24(22)29-9)18(4)27-25(28)19(5)30-21-12-10-20(11-13-21)26(6,7)8/h10-16,18-19H,1-9H3,(H,27,28)/t18-,19+/m0/s1. The minimum atomic E-state index is -0.587. The first-order valence-electron chi connectivity index (χ1n) is 10.7. The number of carbonyl (C=O) groups is 1. The number of carbonyl (C=O) groups excluding carboxylic acids is 1. The van der Waals surface area contributed by atoms with Crippen molar-refractivity contribution in [1.82, 2.24) is 5.32 Å². The van der Waals surface area contributed by atoms with Crippen LogP contribution >= 0.6 is 0 Å². The number of ether oxygens (including phenoxy) is 2. The fourth-order valence-electron chi connectivity index (χ4n) is 3.51. The average molecular weight is 412 g/mol. The second-order valence-corrected chi connectivity index (χ2v) is 9.37. The lowest BCUT2D eigenvalue weighted by Crippen LogP contribution is -2.38. The largest absolute Gasteiger partial charge is 0.496 e. The van der Waals surface area contributed by atoms with Crippen LogP contribution in [0.15, 0.2) is 36.4 Å².